The maximum Gasteiger partial charge on any atom is 0.307 e. The zero-order valence-electron chi connectivity index (χ0n) is 15.3. The van der Waals surface area contributed by atoms with Crippen molar-refractivity contribution in [3.63, 3.8) is 0 Å². The van der Waals surface area contributed by atoms with Crippen molar-refractivity contribution in [1.29, 1.82) is 0 Å². The van der Waals surface area contributed by atoms with Crippen molar-refractivity contribution in [2.45, 2.75) is 26.2 Å². The van der Waals surface area contributed by atoms with Gasteiger partial charge in [0.25, 0.3) is 0 Å². The summed E-state index contributed by atoms with van der Waals surface area (Å²) in [5.74, 6) is -0.725. The van der Waals surface area contributed by atoms with E-state index >= 15 is 0 Å². The first kappa shape index (κ1) is 18.7. The minimum Gasteiger partial charge on any atom is -0.493 e. The zero-order chi connectivity index (χ0) is 19.4. The number of nitrogens with one attached hydrogen (secondary N) is 1. The van der Waals surface area contributed by atoms with Crippen molar-refractivity contribution in [1.82, 2.24) is 4.98 Å². The Morgan fingerprint density at radius 2 is 2.04 bits per heavy atom. The highest BCUT2D eigenvalue weighted by Gasteiger charge is 2.48. The number of hydrogen-bond donors (Lipinski definition) is 2. The molecule has 2 atom stereocenters. The number of methoxy groups -OCH3 is 1. The quantitative estimate of drug-likeness (QED) is 0.738. The molecule has 0 unspecified atom stereocenters. The van der Waals surface area contributed by atoms with Gasteiger partial charge < -0.3 is 19.9 Å². The van der Waals surface area contributed by atoms with Gasteiger partial charge in [-0.15, -0.1) is 0 Å². The molecule has 0 radical (unpaired) electrons. The maximum atomic E-state index is 12.0. The van der Waals surface area contributed by atoms with E-state index < -0.39 is 17.8 Å². The summed E-state index contributed by atoms with van der Waals surface area (Å²) in [5.41, 5.74) is 1.67. The Bertz CT molecular complexity index is 835. The molecular formula is C20H22N2O5. The zero-order valence-corrected chi connectivity index (χ0v) is 15.3. The van der Waals surface area contributed by atoms with E-state index in [0.29, 0.717) is 29.5 Å². The van der Waals surface area contributed by atoms with Gasteiger partial charge in [-0.3, -0.25) is 9.59 Å². The Kier molecular flexibility index (Phi) is 5.59. The van der Waals surface area contributed by atoms with Crippen molar-refractivity contribution in [2.24, 2.45) is 11.8 Å². The largest absolute Gasteiger partial charge is 0.493 e. The van der Waals surface area contributed by atoms with Gasteiger partial charge in [0.15, 0.2) is 11.5 Å². The summed E-state index contributed by atoms with van der Waals surface area (Å²) in [4.78, 5) is 27.0. The SMILES string of the molecule is CCCc1ccc(Oc2ccc(NC(=O)[C@H]3C[C@@H]3C(=O)O)cn2)c(OC)c1. The molecule has 1 aliphatic carbocycles. The fourth-order valence-corrected chi connectivity index (χ4v) is 2.86. The number of carboxylic acids is 1. The normalized spacial score (nSPS) is 17.9. The first-order valence-corrected chi connectivity index (χ1v) is 8.86. The predicted molar refractivity (Wildman–Crippen MR) is 99.2 cm³/mol. The molecule has 7 heteroatoms. The van der Waals surface area contributed by atoms with E-state index in [1.807, 2.05) is 18.2 Å². The van der Waals surface area contributed by atoms with E-state index in [1.165, 1.54) is 11.8 Å². The highest BCUT2D eigenvalue weighted by atomic mass is 16.5. The van der Waals surface area contributed by atoms with Gasteiger partial charge in [0.2, 0.25) is 11.8 Å². The fourth-order valence-electron chi connectivity index (χ4n) is 2.86. The molecule has 1 amide bonds. The molecule has 0 aliphatic heterocycles. The summed E-state index contributed by atoms with van der Waals surface area (Å²) in [6.07, 6.45) is 3.87. The Labute approximate surface area is 157 Å². The van der Waals surface area contributed by atoms with Crippen LogP contribution in [0.3, 0.4) is 0 Å². The number of benzene rings is 1. The molecule has 1 fully saturated rings. The van der Waals surface area contributed by atoms with Crippen LogP contribution in [0.2, 0.25) is 0 Å². The predicted octanol–water partition coefficient (Wildman–Crippen LogP) is 3.49. The molecule has 142 valence electrons. The van der Waals surface area contributed by atoms with Gasteiger partial charge in [-0.05, 0) is 36.6 Å². The summed E-state index contributed by atoms with van der Waals surface area (Å²) in [6, 6.07) is 9.08. The lowest BCUT2D eigenvalue weighted by Gasteiger charge is -2.11. The third-order valence-electron chi connectivity index (χ3n) is 4.43. The molecule has 27 heavy (non-hydrogen) atoms. The molecule has 2 N–H and O–H groups in total. The van der Waals surface area contributed by atoms with Crippen LogP contribution in [0.1, 0.15) is 25.3 Å². The van der Waals surface area contributed by atoms with Crippen LogP contribution in [0, 0.1) is 11.8 Å². The lowest BCUT2D eigenvalue weighted by molar-refractivity contribution is -0.139. The van der Waals surface area contributed by atoms with E-state index in [1.54, 1.807) is 19.2 Å². The van der Waals surface area contributed by atoms with Crippen LogP contribution in [-0.2, 0) is 16.0 Å². The monoisotopic (exact) mass is 370 g/mol. The molecule has 0 bridgehead atoms. The number of carbonyl (C=O) groups is 2. The van der Waals surface area contributed by atoms with Crippen LogP contribution in [0.4, 0.5) is 5.69 Å². The molecule has 7 nitrogen and oxygen atoms in total. The summed E-state index contributed by atoms with van der Waals surface area (Å²) in [5, 5.41) is 11.6. The second-order valence-electron chi connectivity index (χ2n) is 6.50. The van der Waals surface area contributed by atoms with Gasteiger partial charge in [0.05, 0.1) is 30.8 Å². The Morgan fingerprint density at radius 3 is 2.63 bits per heavy atom. The lowest BCUT2D eigenvalue weighted by Crippen LogP contribution is -2.16. The molecular weight excluding hydrogens is 348 g/mol. The van der Waals surface area contributed by atoms with E-state index in [2.05, 4.69) is 17.2 Å². The highest BCUT2D eigenvalue weighted by molar-refractivity contribution is 5.98. The van der Waals surface area contributed by atoms with Crippen LogP contribution in [0.15, 0.2) is 36.5 Å². The lowest BCUT2D eigenvalue weighted by atomic mass is 10.1. The molecule has 1 aromatic carbocycles. The Morgan fingerprint density at radius 1 is 1.22 bits per heavy atom. The minimum absolute atomic E-state index is 0.300. The number of aryl methyl sites for hydroxylation is 1. The summed E-state index contributed by atoms with van der Waals surface area (Å²) >= 11 is 0. The molecule has 1 saturated carbocycles. The second-order valence-corrected chi connectivity index (χ2v) is 6.50. The number of ether oxygens (including phenoxy) is 2. The second kappa shape index (κ2) is 8.07. The first-order chi connectivity index (χ1) is 13.0. The molecule has 1 heterocycles. The Balaban J connectivity index is 1.62. The van der Waals surface area contributed by atoms with E-state index in [4.69, 9.17) is 14.6 Å². The third-order valence-corrected chi connectivity index (χ3v) is 4.43. The average Bonchev–Trinajstić information content (AvgIpc) is 3.46. The summed E-state index contributed by atoms with van der Waals surface area (Å²) < 4.78 is 11.2. The van der Waals surface area contributed by atoms with E-state index in [9.17, 15) is 9.59 Å². The van der Waals surface area contributed by atoms with E-state index in [0.717, 1.165) is 12.8 Å². The molecule has 2 aromatic rings. The van der Waals surface area contributed by atoms with Crippen LogP contribution in [0.25, 0.3) is 0 Å². The maximum absolute atomic E-state index is 12.0. The van der Waals surface area contributed by atoms with Crippen molar-refractivity contribution in [3.05, 3.63) is 42.1 Å². The number of carbonyl (C=O) groups excluding carboxylic acids is 1. The van der Waals surface area contributed by atoms with Crippen LogP contribution < -0.4 is 14.8 Å². The van der Waals surface area contributed by atoms with Crippen LogP contribution >= 0.6 is 0 Å². The summed E-state index contributed by atoms with van der Waals surface area (Å²) in [7, 11) is 1.59. The highest BCUT2D eigenvalue weighted by Crippen LogP contribution is 2.39. The number of carboxylic acid groups (broad SMARTS) is 1. The summed E-state index contributed by atoms with van der Waals surface area (Å²) in [6.45, 7) is 2.12. The molecule has 3 rings (SSSR count). The number of amides is 1. The average molecular weight is 370 g/mol. The fraction of sp³-hybridized carbons (Fsp3) is 0.350. The van der Waals surface area contributed by atoms with Crippen LogP contribution in [-0.4, -0.2) is 29.1 Å². The van der Waals surface area contributed by atoms with Gasteiger partial charge in [0.1, 0.15) is 0 Å². The van der Waals surface area contributed by atoms with Gasteiger partial charge in [-0.2, -0.15) is 0 Å². The number of pyridine rings is 1. The van der Waals surface area contributed by atoms with Gasteiger partial charge in [-0.1, -0.05) is 19.4 Å². The third kappa shape index (κ3) is 4.55. The standard InChI is InChI=1S/C20H22N2O5/c1-3-4-12-5-7-16(17(9-12)26-2)27-18-8-6-13(11-21-18)22-19(23)14-10-15(14)20(24)25/h5-9,11,14-15H,3-4,10H2,1-2H3,(H,22,23)(H,24,25)/t14-,15-/m0/s1. The van der Waals surface area contributed by atoms with Gasteiger partial charge >= 0.3 is 5.97 Å². The molecule has 0 spiro atoms. The number of nitrogens with zero attached hydrogens (tertiary/aromatic N) is 1. The van der Waals surface area contributed by atoms with Crippen molar-refractivity contribution >= 4 is 17.6 Å². The number of hydrogen-bond acceptors (Lipinski definition) is 5. The molecule has 1 aliphatic rings. The van der Waals surface area contributed by atoms with E-state index in [-0.39, 0.29) is 5.91 Å². The van der Waals surface area contributed by atoms with Crippen LogP contribution in [0.5, 0.6) is 17.4 Å². The minimum atomic E-state index is -0.934. The first-order valence-electron chi connectivity index (χ1n) is 8.86. The number of rotatable bonds is 8. The molecule has 0 saturated heterocycles. The topological polar surface area (TPSA) is 97.8 Å². The number of anilines is 1. The van der Waals surface area contributed by atoms with Crippen molar-refractivity contribution in [2.75, 3.05) is 12.4 Å². The number of aliphatic carboxylic acids is 1. The number of aromatic nitrogens is 1. The smallest absolute Gasteiger partial charge is 0.307 e. The van der Waals surface area contributed by atoms with Gasteiger partial charge in [0, 0.05) is 6.07 Å². The van der Waals surface area contributed by atoms with Gasteiger partial charge in [-0.25, -0.2) is 4.98 Å². The van der Waals surface area contributed by atoms with Crippen molar-refractivity contribution in [3.8, 4) is 17.4 Å². The Hall–Kier alpha value is -3.09. The van der Waals surface area contributed by atoms with Crippen molar-refractivity contribution < 1.29 is 24.2 Å². The molecule has 1 aromatic heterocycles.